The molecule has 0 saturated heterocycles. The molecule has 0 atom stereocenters. The normalized spacial score (nSPS) is 10.8. The van der Waals surface area contributed by atoms with Crippen molar-refractivity contribution in [3.8, 4) is 0 Å². The van der Waals surface area contributed by atoms with Gasteiger partial charge in [-0.05, 0) is 33.3 Å². The molecule has 132 valence electrons. The number of alkyl carbamates (subject to hydrolysis) is 1. The zero-order valence-corrected chi connectivity index (χ0v) is 13.7. The van der Waals surface area contributed by atoms with Gasteiger partial charge in [0.15, 0.2) is 5.69 Å². The van der Waals surface area contributed by atoms with Crippen LogP contribution in [-0.2, 0) is 4.74 Å². The van der Waals surface area contributed by atoms with Crippen LogP contribution in [0, 0.1) is 20.2 Å². The third-order valence-electron chi connectivity index (χ3n) is 2.74. The quantitative estimate of drug-likeness (QED) is 0.442. The smallest absolute Gasteiger partial charge is 0.407 e. The SMILES string of the molecule is CC(C)(C)OC(=O)NCCCNc1c([N+](=O)[O-])cccc1[N+](=O)[O-]. The van der Waals surface area contributed by atoms with E-state index in [1.54, 1.807) is 20.8 Å². The molecule has 0 aliphatic rings. The molecule has 0 spiro atoms. The number of amides is 1. The predicted octanol–water partition coefficient (Wildman–Crippen LogP) is 2.83. The van der Waals surface area contributed by atoms with Crippen LogP contribution in [0.4, 0.5) is 21.9 Å². The topological polar surface area (TPSA) is 137 Å². The molecule has 0 heterocycles. The van der Waals surface area contributed by atoms with E-state index < -0.39 is 21.5 Å². The molecule has 24 heavy (non-hydrogen) atoms. The molecular formula is C14H20N4O6. The largest absolute Gasteiger partial charge is 0.444 e. The number of hydrogen-bond acceptors (Lipinski definition) is 7. The molecule has 0 fully saturated rings. The Morgan fingerprint density at radius 1 is 1.12 bits per heavy atom. The summed E-state index contributed by atoms with van der Waals surface area (Å²) in [5.41, 5.74) is -1.49. The number of carbonyl (C=O) groups excluding carboxylic acids is 1. The van der Waals surface area contributed by atoms with Crippen molar-refractivity contribution in [1.29, 1.82) is 0 Å². The number of carbonyl (C=O) groups is 1. The third kappa shape index (κ3) is 6.07. The highest BCUT2D eigenvalue weighted by molar-refractivity contribution is 5.73. The van der Waals surface area contributed by atoms with Gasteiger partial charge in [0.1, 0.15) is 5.60 Å². The highest BCUT2D eigenvalue weighted by Crippen LogP contribution is 2.33. The van der Waals surface area contributed by atoms with Crippen molar-refractivity contribution in [1.82, 2.24) is 5.32 Å². The van der Waals surface area contributed by atoms with Gasteiger partial charge in [0.05, 0.1) is 9.85 Å². The molecule has 1 amide bonds. The molecular weight excluding hydrogens is 320 g/mol. The van der Waals surface area contributed by atoms with E-state index in [1.165, 1.54) is 18.2 Å². The average Bonchev–Trinajstić information content (AvgIpc) is 2.44. The minimum Gasteiger partial charge on any atom is -0.444 e. The summed E-state index contributed by atoms with van der Waals surface area (Å²) >= 11 is 0. The molecule has 0 aliphatic carbocycles. The van der Waals surface area contributed by atoms with E-state index in [0.29, 0.717) is 6.42 Å². The van der Waals surface area contributed by atoms with Crippen LogP contribution in [0.5, 0.6) is 0 Å². The molecule has 1 aromatic rings. The lowest BCUT2D eigenvalue weighted by molar-refractivity contribution is -0.392. The molecule has 0 saturated carbocycles. The first-order chi connectivity index (χ1) is 11.1. The maximum absolute atomic E-state index is 11.4. The molecule has 2 N–H and O–H groups in total. The Balaban J connectivity index is 2.58. The van der Waals surface area contributed by atoms with Crippen LogP contribution < -0.4 is 10.6 Å². The van der Waals surface area contributed by atoms with Crippen molar-refractivity contribution in [2.75, 3.05) is 18.4 Å². The Morgan fingerprint density at radius 2 is 1.67 bits per heavy atom. The van der Waals surface area contributed by atoms with Crippen molar-refractivity contribution in [3.05, 3.63) is 38.4 Å². The minimum absolute atomic E-state index is 0.148. The van der Waals surface area contributed by atoms with E-state index in [-0.39, 0.29) is 30.2 Å². The molecule has 0 unspecified atom stereocenters. The maximum Gasteiger partial charge on any atom is 0.407 e. The first-order valence-corrected chi connectivity index (χ1v) is 7.24. The van der Waals surface area contributed by atoms with Crippen molar-refractivity contribution >= 4 is 23.2 Å². The number of rotatable bonds is 7. The molecule has 0 radical (unpaired) electrons. The number of anilines is 1. The number of hydrogen-bond donors (Lipinski definition) is 2. The molecule has 1 rings (SSSR count). The number of nitro groups is 2. The zero-order chi connectivity index (χ0) is 18.3. The van der Waals surface area contributed by atoms with Crippen LogP contribution >= 0.6 is 0 Å². The van der Waals surface area contributed by atoms with Gasteiger partial charge in [0.2, 0.25) is 0 Å². The van der Waals surface area contributed by atoms with Crippen LogP contribution in [0.2, 0.25) is 0 Å². The van der Waals surface area contributed by atoms with Crippen molar-refractivity contribution in [3.63, 3.8) is 0 Å². The Labute approximate surface area is 138 Å². The summed E-state index contributed by atoms with van der Waals surface area (Å²) < 4.78 is 5.05. The number of para-hydroxylation sites is 1. The number of nitrogens with one attached hydrogen (secondary N) is 2. The minimum atomic E-state index is -0.686. The van der Waals surface area contributed by atoms with Gasteiger partial charge < -0.3 is 15.4 Å². The second-order valence-electron chi connectivity index (χ2n) is 5.89. The van der Waals surface area contributed by atoms with Gasteiger partial charge in [0.25, 0.3) is 11.4 Å². The van der Waals surface area contributed by atoms with E-state index in [4.69, 9.17) is 4.74 Å². The molecule has 1 aromatic carbocycles. The molecule has 0 aliphatic heterocycles. The Bertz CT molecular complexity index is 594. The molecule has 0 aromatic heterocycles. The van der Waals surface area contributed by atoms with Gasteiger partial charge in [-0.15, -0.1) is 0 Å². The fraction of sp³-hybridized carbons (Fsp3) is 0.500. The Morgan fingerprint density at radius 3 is 2.12 bits per heavy atom. The highest BCUT2D eigenvalue weighted by atomic mass is 16.6. The van der Waals surface area contributed by atoms with E-state index in [0.717, 1.165) is 0 Å². The monoisotopic (exact) mass is 340 g/mol. The molecule has 10 heteroatoms. The average molecular weight is 340 g/mol. The van der Waals surface area contributed by atoms with Crippen molar-refractivity contribution in [2.45, 2.75) is 32.8 Å². The Kier molecular flexibility index (Phi) is 6.45. The summed E-state index contributed by atoms with van der Waals surface area (Å²) in [5.74, 6) is 0. The molecule has 0 bridgehead atoms. The van der Waals surface area contributed by atoms with Crippen LogP contribution in [0.1, 0.15) is 27.2 Å². The summed E-state index contributed by atoms with van der Waals surface area (Å²) in [6.07, 6.45) is -0.165. The van der Waals surface area contributed by atoms with Gasteiger partial charge in [-0.2, -0.15) is 0 Å². The highest BCUT2D eigenvalue weighted by Gasteiger charge is 2.24. The number of nitrogens with zero attached hydrogens (tertiary/aromatic N) is 2. The van der Waals surface area contributed by atoms with Crippen molar-refractivity contribution in [2.24, 2.45) is 0 Å². The second kappa shape index (κ2) is 8.09. The zero-order valence-electron chi connectivity index (χ0n) is 13.7. The van der Waals surface area contributed by atoms with Gasteiger partial charge in [-0.3, -0.25) is 20.2 Å². The first kappa shape index (κ1) is 19.1. The lowest BCUT2D eigenvalue weighted by Gasteiger charge is -2.19. The van der Waals surface area contributed by atoms with Gasteiger partial charge in [-0.1, -0.05) is 0 Å². The first-order valence-electron chi connectivity index (χ1n) is 7.24. The summed E-state index contributed by atoms with van der Waals surface area (Å²) in [6.45, 7) is 5.68. The Hall–Kier alpha value is -2.91. The fourth-order valence-corrected chi connectivity index (χ4v) is 1.82. The fourth-order valence-electron chi connectivity index (χ4n) is 1.82. The van der Waals surface area contributed by atoms with Crippen LogP contribution in [0.3, 0.4) is 0 Å². The van der Waals surface area contributed by atoms with Crippen LogP contribution in [-0.4, -0.2) is 34.6 Å². The standard InChI is InChI=1S/C14H20N4O6/c1-14(2,3)24-13(19)16-9-5-8-15-12-10(17(20)21)6-4-7-11(12)18(22)23/h4,6-7,15H,5,8-9H2,1-3H3,(H,16,19). The lowest BCUT2D eigenvalue weighted by atomic mass is 10.2. The number of benzene rings is 1. The van der Waals surface area contributed by atoms with Gasteiger partial charge in [-0.25, -0.2) is 4.79 Å². The summed E-state index contributed by atoms with van der Waals surface area (Å²) in [7, 11) is 0. The summed E-state index contributed by atoms with van der Waals surface area (Å²) in [6, 6.07) is 3.63. The second-order valence-corrected chi connectivity index (χ2v) is 5.89. The number of nitro benzene ring substituents is 2. The van der Waals surface area contributed by atoms with Crippen LogP contribution in [0.25, 0.3) is 0 Å². The van der Waals surface area contributed by atoms with E-state index in [2.05, 4.69) is 10.6 Å². The van der Waals surface area contributed by atoms with Gasteiger partial charge in [0, 0.05) is 25.2 Å². The summed E-state index contributed by atoms with van der Waals surface area (Å²) in [4.78, 5) is 32.0. The van der Waals surface area contributed by atoms with Crippen molar-refractivity contribution < 1.29 is 19.4 Å². The van der Waals surface area contributed by atoms with Crippen LogP contribution in [0.15, 0.2) is 18.2 Å². The molecule has 10 nitrogen and oxygen atoms in total. The maximum atomic E-state index is 11.4. The lowest BCUT2D eigenvalue weighted by Crippen LogP contribution is -2.33. The van der Waals surface area contributed by atoms with Gasteiger partial charge >= 0.3 is 6.09 Å². The predicted molar refractivity (Wildman–Crippen MR) is 87.1 cm³/mol. The van der Waals surface area contributed by atoms with E-state index >= 15 is 0 Å². The third-order valence-corrected chi connectivity index (χ3v) is 2.74. The summed E-state index contributed by atoms with van der Waals surface area (Å²) in [5, 5.41) is 27.2. The van der Waals surface area contributed by atoms with E-state index in [1.807, 2.05) is 0 Å². The number of ether oxygens (including phenoxy) is 1. The van der Waals surface area contributed by atoms with E-state index in [9.17, 15) is 25.0 Å².